The van der Waals surface area contributed by atoms with Crippen molar-refractivity contribution < 1.29 is 19.2 Å². The molecule has 0 amide bonds. The second-order valence-electron chi connectivity index (χ2n) is 3.03. The molecule has 8 heteroatoms. The van der Waals surface area contributed by atoms with Gasteiger partial charge in [-0.1, -0.05) is 15.9 Å². The van der Waals surface area contributed by atoms with Gasteiger partial charge in [0, 0.05) is 15.1 Å². The minimum Gasteiger partial charge on any atom is -0.258 e. The monoisotopic (exact) mass is 323 g/mol. The van der Waals surface area contributed by atoms with Crippen LogP contribution in [0.25, 0.3) is 0 Å². The number of nitro groups is 1. The maximum atomic E-state index is 11.7. The third-order valence-corrected chi connectivity index (χ3v) is 3.47. The van der Waals surface area contributed by atoms with Gasteiger partial charge in [-0.25, -0.2) is 4.79 Å². The average Bonchev–Trinajstić information content (AvgIpc) is 2.29. The summed E-state index contributed by atoms with van der Waals surface area (Å²) < 4.78 is 12.2. The van der Waals surface area contributed by atoms with E-state index in [1.54, 1.807) is 6.07 Å². The minimum absolute atomic E-state index is 0.150. The van der Waals surface area contributed by atoms with Gasteiger partial charge in [-0.15, -0.1) is 11.8 Å². The van der Waals surface area contributed by atoms with Crippen molar-refractivity contribution in [2.45, 2.75) is 17.1 Å². The first-order chi connectivity index (χ1) is 7.95. The van der Waals surface area contributed by atoms with E-state index in [4.69, 9.17) is 0 Å². The summed E-state index contributed by atoms with van der Waals surface area (Å²) in [5.41, 5.74) is -0.150. The lowest BCUT2D eigenvalue weighted by molar-refractivity contribution is -0.387. The van der Waals surface area contributed by atoms with Gasteiger partial charge in [0.1, 0.15) is 5.25 Å². The molecule has 0 aliphatic carbocycles. The van der Waals surface area contributed by atoms with Gasteiger partial charge < -0.3 is 0 Å². The first-order valence-corrected chi connectivity index (χ1v) is 6.06. The Kier molecular flexibility index (Phi) is 4.88. The molecular weight excluding hydrogens is 317 g/mol. The molecule has 0 heterocycles. The second kappa shape index (κ2) is 5.97. The third kappa shape index (κ3) is 3.67. The summed E-state index contributed by atoms with van der Waals surface area (Å²) in [6.45, 7) is 1.40. The normalized spacial score (nSPS) is 11.9. The van der Waals surface area contributed by atoms with E-state index in [1.807, 2.05) is 0 Å². The molecule has 0 saturated carbocycles. The Balaban J connectivity index is 2.98. The number of hydrogen-bond acceptors (Lipinski definition) is 5. The Hall–Kier alpha value is -1.15. The van der Waals surface area contributed by atoms with Crippen molar-refractivity contribution in [1.82, 2.24) is 0 Å². The summed E-state index contributed by atoms with van der Waals surface area (Å²) >= 11 is 3.97. The molecule has 0 aliphatic rings. The fourth-order valence-corrected chi connectivity index (χ4v) is 2.30. The molecule has 92 valence electrons. The second-order valence-corrected chi connectivity index (χ2v) is 5.32. The lowest BCUT2D eigenvalue weighted by Gasteiger charge is -2.07. The van der Waals surface area contributed by atoms with Crippen LogP contribution in [0.5, 0.6) is 0 Å². The highest BCUT2D eigenvalue weighted by Gasteiger charge is 2.22. The molecule has 1 rings (SSSR count). The summed E-state index contributed by atoms with van der Waals surface area (Å²) in [4.78, 5) is 24.4. The number of halogens is 2. The van der Waals surface area contributed by atoms with Crippen LogP contribution in [0.3, 0.4) is 0 Å². The lowest BCUT2D eigenvalue weighted by Crippen LogP contribution is -2.13. The Bertz CT molecular complexity index is 457. The summed E-state index contributed by atoms with van der Waals surface area (Å²) in [5, 5.41) is 9.91. The van der Waals surface area contributed by atoms with Crippen LogP contribution < -0.4 is 0 Å². The molecule has 1 unspecified atom stereocenters. The van der Waals surface area contributed by atoms with E-state index in [9.17, 15) is 19.4 Å². The van der Waals surface area contributed by atoms with E-state index in [0.29, 0.717) is 4.47 Å². The topological polar surface area (TPSA) is 69.4 Å². The summed E-state index contributed by atoms with van der Waals surface area (Å²) in [7, 11) is 0. The van der Waals surface area contributed by atoms with Crippen LogP contribution in [-0.2, 0) is 9.74 Å². The van der Waals surface area contributed by atoms with E-state index in [0.717, 1.165) is 11.8 Å². The van der Waals surface area contributed by atoms with Crippen molar-refractivity contribution in [3.05, 3.63) is 32.8 Å². The van der Waals surface area contributed by atoms with Gasteiger partial charge >= 0.3 is 5.97 Å². The van der Waals surface area contributed by atoms with Gasteiger partial charge in [0.25, 0.3) is 5.69 Å². The van der Waals surface area contributed by atoms with E-state index in [1.165, 1.54) is 19.1 Å². The third-order valence-electron chi connectivity index (χ3n) is 1.83. The summed E-state index contributed by atoms with van der Waals surface area (Å²) in [5.74, 6) is -1.08. The lowest BCUT2D eigenvalue weighted by atomic mass is 10.3. The number of rotatable bonds is 4. The molecule has 0 spiro atoms. The number of carbonyl (C=O) groups excluding carboxylic acids is 1. The molecule has 0 aromatic heterocycles. The molecule has 1 atom stereocenters. The zero-order valence-corrected chi connectivity index (χ0v) is 11.0. The SMILES string of the molecule is CC(Sc1ccc(Br)cc1[N+](=O)[O-])C(=O)OF. The van der Waals surface area contributed by atoms with Crippen LogP contribution in [0.15, 0.2) is 27.6 Å². The van der Waals surface area contributed by atoms with Crippen molar-refractivity contribution in [2.75, 3.05) is 0 Å². The molecule has 1 aromatic rings. The Labute approximate surface area is 109 Å². The molecule has 17 heavy (non-hydrogen) atoms. The van der Waals surface area contributed by atoms with Crippen molar-refractivity contribution >= 4 is 39.3 Å². The quantitative estimate of drug-likeness (QED) is 0.483. The fraction of sp³-hybridized carbons (Fsp3) is 0.222. The van der Waals surface area contributed by atoms with Crippen LogP contribution in [0.1, 0.15) is 6.92 Å². The molecule has 0 N–H and O–H groups in total. The molecular formula is C9H7BrFNO4S. The van der Waals surface area contributed by atoms with Gasteiger partial charge in [-0.2, -0.15) is 0 Å². The van der Waals surface area contributed by atoms with Gasteiger partial charge in [0.2, 0.25) is 0 Å². The van der Waals surface area contributed by atoms with Gasteiger partial charge in [0.15, 0.2) is 0 Å². The summed E-state index contributed by atoms with van der Waals surface area (Å²) in [6.07, 6.45) is 0. The highest BCUT2D eigenvalue weighted by molar-refractivity contribution is 9.10. The van der Waals surface area contributed by atoms with E-state index < -0.39 is 16.1 Å². The van der Waals surface area contributed by atoms with Crippen molar-refractivity contribution in [1.29, 1.82) is 0 Å². The number of benzene rings is 1. The van der Waals surface area contributed by atoms with Gasteiger partial charge in [-0.05, 0) is 19.1 Å². The van der Waals surface area contributed by atoms with Crippen molar-refractivity contribution in [3.63, 3.8) is 0 Å². The van der Waals surface area contributed by atoms with Crippen LogP contribution in [0.4, 0.5) is 10.2 Å². The van der Waals surface area contributed by atoms with Crippen molar-refractivity contribution in [2.24, 2.45) is 0 Å². The number of nitro benzene ring substituents is 1. The predicted molar refractivity (Wildman–Crippen MR) is 63.3 cm³/mol. The fourth-order valence-electron chi connectivity index (χ4n) is 1.03. The minimum atomic E-state index is -1.08. The average molecular weight is 324 g/mol. The molecule has 0 bridgehead atoms. The smallest absolute Gasteiger partial charge is 0.258 e. The molecule has 0 saturated heterocycles. The van der Waals surface area contributed by atoms with Gasteiger partial charge in [0.05, 0.1) is 9.82 Å². The zero-order valence-electron chi connectivity index (χ0n) is 8.55. The highest BCUT2D eigenvalue weighted by atomic mass is 79.9. The maximum absolute atomic E-state index is 11.7. The van der Waals surface area contributed by atoms with E-state index in [2.05, 4.69) is 20.9 Å². The first kappa shape index (κ1) is 13.9. The van der Waals surface area contributed by atoms with Crippen LogP contribution in [-0.4, -0.2) is 16.1 Å². The number of nitrogens with zero attached hydrogens (tertiary/aromatic N) is 1. The molecule has 0 radical (unpaired) electrons. The Morgan fingerprint density at radius 3 is 2.82 bits per heavy atom. The largest absolute Gasteiger partial charge is 0.361 e. The Morgan fingerprint density at radius 1 is 1.65 bits per heavy atom. The zero-order chi connectivity index (χ0) is 13.0. The van der Waals surface area contributed by atoms with Crippen molar-refractivity contribution in [3.8, 4) is 0 Å². The van der Waals surface area contributed by atoms with Gasteiger partial charge in [-0.3, -0.25) is 15.1 Å². The van der Waals surface area contributed by atoms with Crippen LogP contribution in [0.2, 0.25) is 0 Å². The standard InChI is InChI=1S/C9H7BrFNO4S/c1-5(9(13)16-11)17-8-3-2-6(10)4-7(8)12(14)15/h2-5H,1H3. The number of thioether (sulfide) groups is 1. The van der Waals surface area contributed by atoms with Crippen LogP contribution >= 0.6 is 27.7 Å². The predicted octanol–water partition coefficient (Wildman–Crippen LogP) is 3.27. The number of hydrogen-bond donors (Lipinski definition) is 0. The van der Waals surface area contributed by atoms with E-state index >= 15 is 0 Å². The van der Waals surface area contributed by atoms with E-state index in [-0.39, 0.29) is 10.6 Å². The number of carbonyl (C=O) groups is 1. The molecule has 5 nitrogen and oxygen atoms in total. The Morgan fingerprint density at radius 2 is 2.29 bits per heavy atom. The van der Waals surface area contributed by atoms with Crippen LogP contribution in [0, 0.1) is 10.1 Å². The highest BCUT2D eigenvalue weighted by Crippen LogP contribution is 2.34. The molecule has 0 aliphatic heterocycles. The molecule has 1 aromatic carbocycles. The summed E-state index contributed by atoms with van der Waals surface area (Å²) in [6, 6.07) is 4.40. The molecule has 0 fully saturated rings. The maximum Gasteiger partial charge on any atom is 0.361 e. The first-order valence-electron chi connectivity index (χ1n) is 4.38.